The van der Waals surface area contributed by atoms with Gasteiger partial charge < -0.3 is 20.1 Å². The summed E-state index contributed by atoms with van der Waals surface area (Å²) in [5.41, 5.74) is 1.73. The summed E-state index contributed by atoms with van der Waals surface area (Å²) in [4.78, 5) is 4.56. The molecule has 0 aromatic heterocycles. The van der Waals surface area contributed by atoms with E-state index in [2.05, 4.69) is 15.6 Å². The van der Waals surface area contributed by atoms with Gasteiger partial charge in [-0.1, -0.05) is 18.2 Å². The lowest BCUT2D eigenvalue weighted by Crippen LogP contribution is -2.37. The number of nitrogens with one attached hydrogen (secondary N) is 2. The summed E-state index contributed by atoms with van der Waals surface area (Å²) in [6.45, 7) is 3.62. The number of ether oxygens (including phenoxy) is 2. The first-order valence-electron chi connectivity index (χ1n) is 9.34. The molecule has 0 bridgehead atoms. The van der Waals surface area contributed by atoms with Crippen molar-refractivity contribution in [3.8, 4) is 11.5 Å². The molecular formula is C21H30IN3O4S. The number of aryl methyl sites for hydroxylation is 1. The first kappa shape index (κ1) is 26.0. The molecule has 7 nitrogen and oxygen atoms in total. The standard InChI is InChI=1S/C21H29N3O4S.HI/c1-16-13-17(9-10-20(16)29(4,25)26)15-24-21(22-2)23-11-6-12-28-19-8-5-7-18(14-19)27-3;/h5,7-10,13-14H,6,11-12,15H2,1-4H3,(H2,22,23,24);1H. The van der Waals surface area contributed by atoms with Crippen molar-refractivity contribution in [2.75, 3.05) is 33.6 Å². The van der Waals surface area contributed by atoms with Crippen LogP contribution in [-0.2, 0) is 16.4 Å². The topological polar surface area (TPSA) is 89.0 Å². The Balaban J connectivity index is 0.00000450. The van der Waals surface area contributed by atoms with Crippen LogP contribution in [0, 0.1) is 6.92 Å². The van der Waals surface area contributed by atoms with Gasteiger partial charge in [0.25, 0.3) is 0 Å². The Kier molecular flexibility index (Phi) is 11.0. The summed E-state index contributed by atoms with van der Waals surface area (Å²) in [6, 6.07) is 12.8. The fraction of sp³-hybridized carbons (Fsp3) is 0.381. The number of methoxy groups -OCH3 is 1. The first-order valence-corrected chi connectivity index (χ1v) is 11.2. The van der Waals surface area contributed by atoms with Crippen LogP contribution in [0.5, 0.6) is 11.5 Å². The van der Waals surface area contributed by atoms with Crippen molar-refractivity contribution < 1.29 is 17.9 Å². The zero-order chi connectivity index (χ0) is 21.3. The number of aliphatic imine (C=N–C) groups is 1. The van der Waals surface area contributed by atoms with E-state index in [0.29, 0.717) is 30.6 Å². The van der Waals surface area contributed by atoms with Gasteiger partial charge in [-0.25, -0.2) is 8.42 Å². The van der Waals surface area contributed by atoms with E-state index in [0.717, 1.165) is 29.0 Å². The predicted molar refractivity (Wildman–Crippen MR) is 131 cm³/mol. The Bertz CT molecular complexity index is 949. The summed E-state index contributed by atoms with van der Waals surface area (Å²) < 4.78 is 34.3. The van der Waals surface area contributed by atoms with Crippen molar-refractivity contribution in [2.45, 2.75) is 24.8 Å². The number of sulfone groups is 1. The molecule has 30 heavy (non-hydrogen) atoms. The fourth-order valence-corrected chi connectivity index (χ4v) is 3.76. The number of nitrogens with zero attached hydrogens (tertiary/aromatic N) is 1. The third-order valence-electron chi connectivity index (χ3n) is 4.25. The number of guanidine groups is 1. The number of benzene rings is 2. The lowest BCUT2D eigenvalue weighted by molar-refractivity contribution is 0.308. The predicted octanol–water partition coefficient (Wildman–Crippen LogP) is 3.16. The zero-order valence-electron chi connectivity index (χ0n) is 17.8. The maximum absolute atomic E-state index is 11.7. The smallest absolute Gasteiger partial charge is 0.191 e. The first-order chi connectivity index (χ1) is 13.8. The SMILES string of the molecule is CN=C(NCCCOc1cccc(OC)c1)NCc1ccc(S(C)(=O)=O)c(C)c1.I. The molecule has 0 aliphatic rings. The highest BCUT2D eigenvalue weighted by atomic mass is 127. The molecule has 2 aromatic rings. The molecule has 0 aliphatic carbocycles. The van der Waals surface area contributed by atoms with E-state index in [-0.39, 0.29) is 24.0 Å². The minimum absolute atomic E-state index is 0. The minimum atomic E-state index is -3.20. The quantitative estimate of drug-likeness (QED) is 0.217. The van der Waals surface area contributed by atoms with Gasteiger partial charge in [-0.2, -0.15) is 0 Å². The average molecular weight is 547 g/mol. The molecule has 2 aromatic carbocycles. The second kappa shape index (κ2) is 12.6. The van der Waals surface area contributed by atoms with Gasteiger partial charge in [-0.05, 0) is 42.7 Å². The highest BCUT2D eigenvalue weighted by Gasteiger charge is 2.10. The largest absolute Gasteiger partial charge is 0.497 e. The van der Waals surface area contributed by atoms with Crippen LogP contribution >= 0.6 is 24.0 Å². The van der Waals surface area contributed by atoms with Crippen molar-refractivity contribution in [1.82, 2.24) is 10.6 Å². The lowest BCUT2D eigenvalue weighted by Gasteiger charge is -2.13. The van der Waals surface area contributed by atoms with Gasteiger partial charge in [-0.3, -0.25) is 4.99 Å². The van der Waals surface area contributed by atoms with Crippen LogP contribution in [0.15, 0.2) is 52.4 Å². The number of hydrogen-bond acceptors (Lipinski definition) is 5. The van der Waals surface area contributed by atoms with Crippen LogP contribution in [0.25, 0.3) is 0 Å². The van der Waals surface area contributed by atoms with Gasteiger partial charge in [0.2, 0.25) is 0 Å². The second-order valence-electron chi connectivity index (χ2n) is 6.61. The Morgan fingerprint density at radius 1 is 1.10 bits per heavy atom. The molecule has 0 heterocycles. The van der Waals surface area contributed by atoms with Gasteiger partial charge in [0.1, 0.15) is 11.5 Å². The molecule has 2 N–H and O–H groups in total. The molecule has 0 atom stereocenters. The van der Waals surface area contributed by atoms with Crippen molar-refractivity contribution in [2.24, 2.45) is 4.99 Å². The molecule has 9 heteroatoms. The van der Waals surface area contributed by atoms with Crippen LogP contribution in [0.3, 0.4) is 0 Å². The lowest BCUT2D eigenvalue weighted by atomic mass is 10.1. The van der Waals surface area contributed by atoms with Crippen molar-refractivity contribution >= 4 is 39.8 Å². The van der Waals surface area contributed by atoms with E-state index in [4.69, 9.17) is 9.47 Å². The van der Waals surface area contributed by atoms with E-state index in [1.54, 1.807) is 27.1 Å². The Morgan fingerprint density at radius 3 is 2.47 bits per heavy atom. The summed E-state index contributed by atoms with van der Waals surface area (Å²) in [7, 11) is 0.133. The third kappa shape index (κ3) is 8.39. The van der Waals surface area contributed by atoms with Crippen LogP contribution in [0.4, 0.5) is 0 Å². The van der Waals surface area contributed by atoms with Gasteiger partial charge in [0.15, 0.2) is 15.8 Å². The maximum Gasteiger partial charge on any atom is 0.191 e. The number of halogens is 1. The Hall–Kier alpha value is -2.01. The van der Waals surface area contributed by atoms with Gasteiger partial charge >= 0.3 is 0 Å². The fourth-order valence-electron chi connectivity index (χ4n) is 2.80. The number of rotatable bonds is 9. The maximum atomic E-state index is 11.7. The highest BCUT2D eigenvalue weighted by molar-refractivity contribution is 14.0. The second-order valence-corrected chi connectivity index (χ2v) is 8.59. The molecule has 0 radical (unpaired) electrons. The zero-order valence-corrected chi connectivity index (χ0v) is 20.9. The monoisotopic (exact) mass is 547 g/mol. The molecule has 0 unspecified atom stereocenters. The summed E-state index contributed by atoms with van der Waals surface area (Å²) >= 11 is 0. The molecule has 0 saturated carbocycles. The normalized spacial score (nSPS) is 11.4. The minimum Gasteiger partial charge on any atom is -0.497 e. The molecule has 0 amide bonds. The summed E-state index contributed by atoms with van der Waals surface area (Å²) in [5.74, 6) is 2.22. The van der Waals surface area contributed by atoms with Crippen LogP contribution in [-0.4, -0.2) is 47.9 Å². The van der Waals surface area contributed by atoms with Crippen LogP contribution in [0.2, 0.25) is 0 Å². The van der Waals surface area contributed by atoms with E-state index >= 15 is 0 Å². The van der Waals surface area contributed by atoms with E-state index < -0.39 is 9.84 Å². The van der Waals surface area contributed by atoms with E-state index in [1.165, 1.54) is 6.26 Å². The van der Waals surface area contributed by atoms with Crippen molar-refractivity contribution in [3.63, 3.8) is 0 Å². The number of hydrogen-bond donors (Lipinski definition) is 2. The summed E-state index contributed by atoms with van der Waals surface area (Å²) in [5, 5.41) is 6.46. The molecule has 2 rings (SSSR count). The Labute approximate surface area is 196 Å². The Morgan fingerprint density at radius 2 is 1.83 bits per heavy atom. The summed E-state index contributed by atoms with van der Waals surface area (Å²) in [6.07, 6.45) is 2.02. The molecule has 166 valence electrons. The van der Waals surface area contributed by atoms with Gasteiger partial charge in [0, 0.05) is 32.5 Å². The molecule has 0 fully saturated rings. The van der Waals surface area contributed by atoms with E-state index in [9.17, 15) is 8.42 Å². The highest BCUT2D eigenvalue weighted by Crippen LogP contribution is 2.19. The van der Waals surface area contributed by atoms with Crippen molar-refractivity contribution in [3.05, 3.63) is 53.6 Å². The molecule has 0 aliphatic heterocycles. The average Bonchev–Trinajstić information content (AvgIpc) is 2.69. The third-order valence-corrected chi connectivity index (χ3v) is 5.50. The van der Waals surface area contributed by atoms with Gasteiger partial charge in [-0.15, -0.1) is 24.0 Å². The van der Waals surface area contributed by atoms with Crippen molar-refractivity contribution in [1.29, 1.82) is 0 Å². The molecule has 0 spiro atoms. The van der Waals surface area contributed by atoms with E-state index in [1.807, 2.05) is 36.4 Å². The molecule has 0 saturated heterocycles. The van der Waals surface area contributed by atoms with Crippen LogP contribution < -0.4 is 20.1 Å². The van der Waals surface area contributed by atoms with Gasteiger partial charge in [0.05, 0.1) is 18.6 Å². The van der Waals surface area contributed by atoms with Crippen LogP contribution in [0.1, 0.15) is 17.5 Å². The molecular weight excluding hydrogens is 517 g/mol.